The summed E-state index contributed by atoms with van der Waals surface area (Å²) in [6, 6.07) is 1.70. The van der Waals surface area contributed by atoms with Gasteiger partial charge < -0.3 is 45.5 Å². The van der Waals surface area contributed by atoms with Gasteiger partial charge in [-0.3, -0.25) is 57.2 Å². The summed E-state index contributed by atoms with van der Waals surface area (Å²) in [5, 5.41) is 33.9. The predicted octanol–water partition coefficient (Wildman–Crippen LogP) is -0.773. The number of rotatable bonds is 24. The number of aromatic nitrogens is 4. The topological polar surface area (TPSA) is 402 Å². The number of amides is 6. The fraction of sp³-hybridized carbons (Fsp3) is 0.419. The molecular weight excluding hydrogens is 878 g/mol. The quantitative estimate of drug-likeness (QED) is 0.0284. The van der Waals surface area contributed by atoms with Crippen molar-refractivity contribution in [1.29, 1.82) is 0 Å². The van der Waals surface area contributed by atoms with Crippen molar-refractivity contribution in [1.82, 2.24) is 40.0 Å². The average Bonchev–Trinajstić information content (AvgIpc) is 3.97. The van der Waals surface area contributed by atoms with Gasteiger partial charge in [-0.25, -0.2) is 9.09 Å². The summed E-state index contributed by atoms with van der Waals surface area (Å²) >= 11 is 0. The van der Waals surface area contributed by atoms with Gasteiger partial charge in [-0.2, -0.15) is 0 Å². The number of carbonyl (C=O) groups excluding carboxylic acids is 8. The van der Waals surface area contributed by atoms with Gasteiger partial charge in [-0.15, -0.1) is 9.36 Å². The van der Waals surface area contributed by atoms with Crippen molar-refractivity contribution in [2.75, 3.05) is 32.8 Å². The van der Waals surface area contributed by atoms with Crippen LogP contribution < -0.4 is 10.6 Å². The molecule has 336 valence electrons. The number of carbonyl (C=O) groups is 8. The summed E-state index contributed by atoms with van der Waals surface area (Å²) in [5.41, 5.74) is -0.643. The number of imide groups is 2. The van der Waals surface area contributed by atoms with E-state index in [1.54, 1.807) is 0 Å². The summed E-state index contributed by atoms with van der Waals surface area (Å²) < 4.78 is 32.0. The van der Waals surface area contributed by atoms with Crippen molar-refractivity contribution < 1.29 is 81.1 Å². The zero-order valence-corrected chi connectivity index (χ0v) is 34.1. The van der Waals surface area contributed by atoms with Crippen molar-refractivity contribution in [2.24, 2.45) is 0 Å². The minimum absolute atomic E-state index is 0.0123. The maximum Gasteiger partial charge on any atom is 0.472 e. The van der Waals surface area contributed by atoms with Crippen LogP contribution in [-0.2, 0) is 60.4 Å². The lowest BCUT2D eigenvalue weighted by Crippen LogP contribution is -2.32. The van der Waals surface area contributed by atoms with Crippen LogP contribution in [0.4, 0.5) is 11.6 Å². The first-order chi connectivity index (χ1) is 29.0. The molecule has 31 heteroatoms. The normalized spacial score (nSPS) is 14.5. The summed E-state index contributed by atoms with van der Waals surface area (Å²) in [6.45, 7) is -0.651. The Balaban J connectivity index is 0.000000330. The summed E-state index contributed by atoms with van der Waals surface area (Å²) in [6.07, 6.45) is 5.08. The zero-order valence-electron chi connectivity index (χ0n) is 32.3. The van der Waals surface area contributed by atoms with Crippen LogP contribution in [0.3, 0.4) is 0 Å². The van der Waals surface area contributed by atoms with E-state index < -0.39 is 85.8 Å². The van der Waals surface area contributed by atoms with Crippen molar-refractivity contribution >= 4 is 74.1 Å². The highest BCUT2D eigenvalue weighted by Crippen LogP contribution is 2.37. The number of ketones is 2. The summed E-state index contributed by atoms with van der Waals surface area (Å²) in [4.78, 5) is 142. The van der Waals surface area contributed by atoms with Crippen LogP contribution in [0.15, 0.2) is 36.4 Å². The number of nitro groups is 2. The molecule has 1 unspecified atom stereocenters. The van der Waals surface area contributed by atoms with Crippen LogP contribution >= 0.6 is 15.4 Å². The number of hydrogen-bond acceptors (Lipinski definition) is 18. The first kappa shape index (κ1) is 49.9. The van der Waals surface area contributed by atoms with Crippen LogP contribution in [0.5, 0.6) is 0 Å². The highest BCUT2D eigenvalue weighted by molar-refractivity contribution is 7.51. The van der Waals surface area contributed by atoms with Gasteiger partial charge in [0.25, 0.3) is 35.4 Å². The molecule has 2 aliphatic heterocycles. The van der Waals surface area contributed by atoms with E-state index >= 15 is 0 Å². The summed E-state index contributed by atoms with van der Waals surface area (Å²) in [5.74, 6) is -5.25. The number of hydrogen-bond donors (Lipinski definition) is 5. The standard InChI is InChI=1S/C16H20N5O9P.C15H18N5O10P/c1-31(28,29)30-10-20-12(9-13(18-20)21(26)27)16(25)17-7-2-3-11(22)6-8-19-14(23)4-5-15(19)24;21-10(5-7-18-13(22)3-4-14(18)23)2-1-6-16-15(24)11-8-12(20(25)26)19(17-11)9-30-31(27,28)29/h4-5,9H,2-3,6-8,10H2,1H3,(H,17,25)(H,28,29);3-4,8H,1-2,5-7,9H2,(H,16,24)(H2,27,28,29). The van der Waals surface area contributed by atoms with Crippen LogP contribution in [0.2, 0.25) is 0 Å². The average molecular weight is 917 g/mol. The van der Waals surface area contributed by atoms with Gasteiger partial charge in [-0.05, 0) is 22.7 Å². The maximum atomic E-state index is 12.3. The fourth-order valence-electron chi connectivity index (χ4n) is 5.01. The molecule has 0 aliphatic carbocycles. The van der Waals surface area contributed by atoms with Gasteiger partial charge in [-0.1, -0.05) is 5.10 Å². The fourth-order valence-corrected chi connectivity index (χ4v) is 5.59. The molecule has 0 saturated carbocycles. The lowest BCUT2D eigenvalue weighted by atomic mass is 10.1. The minimum atomic E-state index is -4.91. The molecule has 1 atom stereocenters. The molecule has 0 bridgehead atoms. The molecule has 0 radical (unpaired) electrons. The van der Waals surface area contributed by atoms with Crippen LogP contribution in [0.25, 0.3) is 0 Å². The van der Waals surface area contributed by atoms with Gasteiger partial charge in [0, 0.05) is 82.8 Å². The van der Waals surface area contributed by atoms with E-state index in [9.17, 15) is 72.6 Å². The Bertz CT molecular complexity index is 2240. The Morgan fingerprint density at radius 1 is 0.694 bits per heavy atom. The smallest absolute Gasteiger partial charge is 0.358 e. The molecule has 0 saturated heterocycles. The Hall–Kier alpha value is -6.48. The summed E-state index contributed by atoms with van der Waals surface area (Å²) in [7, 11) is -8.81. The highest BCUT2D eigenvalue weighted by atomic mass is 31.2. The number of Topliss-reactive ketones (excluding diaryl/α,β-unsaturated/α-hetero) is 2. The molecule has 62 heavy (non-hydrogen) atoms. The van der Waals surface area contributed by atoms with E-state index in [4.69, 9.17) is 9.79 Å². The predicted molar refractivity (Wildman–Crippen MR) is 202 cm³/mol. The van der Waals surface area contributed by atoms with E-state index in [2.05, 4.69) is 29.9 Å². The molecular formula is C31H38N10O19P2. The van der Waals surface area contributed by atoms with Crippen molar-refractivity contribution in [3.8, 4) is 0 Å². The lowest BCUT2D eigenvalue weighted by Gasteiger charge is -2.12. The minimum Gasteiger partial charge on any atom is -0.358 e. The van der Waals surface area contributed by atoms with Crippen LogP contribution in [-0.4, -0.2) is 134 Å². The third-order valence-electron chi connectivity index (χ3n) is 8.00. The molecule has 6 amide bonds. The molecule has 0 fully saturated rings. The molecule has 29 nitrogen and oxygen atoms in total. The van der Waals surface area contributed by atoms with Gasteiger partial charge in [0.1, 0.15) is 11.6 Å². The molecule has 0 spiro atoms. The molecule has 2 aromatic rings. The zero-order chi connectivity index (χ0) is 46.4. The highest BCUT2D eigenvalue weighted by Gasteiger charge is 2.28. The molecule has 0 aromatic carbocycles. The second-order valence-electron chi connectivity index (χ2n) is 12.7. The van der Waals surface area contributed by atoms with E-state index in [1.165, 1.54) is 0 Å². The first-order valence-corrected chi connectivity index (χ1v) is 21.3. The third-order valence-corrected chi connectivity index (χ3v) is 9.04. The van der Waals surface area contributed by atoms with E-state index in [0.717, 1.165) is 57.6 Å². The van der Waals surface area contributed by atoms with Gasteiger partial charge in [0.2, 0.25) is 6.73 Å². The van der Waals surface area contributed by atoms with Crippen LogP contribution in [0, 0.1) is 20.2 Å². The second kappa shape index (κ2) is 22.4. The number of nitrogens with one attached hydrogen (secondary N) is 2. The Kier molecular flexibility index (Phi) is 18.0. The number of phosphoric ester groups is 1. The Labute approximate surface area is 347 Å². The van der Waals surface area contributed by atoms with Gasteiger partial charge in [0.15, 0.2) is 18.1 Å². The van der Waals surface area contributed by atoms with Crippen molar-refractivity contribution in [3.63, 3.8) is 0 Å². The van der Waals surface area contributed by atoms with E-state index in [0.29, 0.717) is 4.68 Å². The van der Waals surface area contributed by atoms with Crippen LogP contribution in [0.1, 0.15) is 59.5 Å². The monoisotopic (exact) mass is 916 g/mol. The molecule has 4 rings (SSSR count). The second-order valence-corrected chi connectivity index (χ2v) is 15.8. The molecule has 2 aromatic heterocycles. The number of nitrogens with zero attached hydrogens (tertiary/aromatic N) is 8. The molecule has 5 N–H and O–H groups in total. The van der Waals surface area contributed by atoms with Crippen molar-refractivity contribution in [2.45, 2.75) is 52.0 Å². The van der Waals surface area contributed by atoms with Gasteiger partial charge in [0.05, 0.1) is 17.2 Å². The largest absolute Gasteiger partial charge is 0.472 e. The first-order valence-electron chi connectivity index (χ1n) is 17.7. The SMILES string of the molecule is CP(=O)(O)OCn1nc([N+](=O)[O-])cc1C(=O)NCCCC(=O)CCN1C(=O)C=CC1=O.O=C(CCCNC(=O)c1cc([N+](=O)[O-])n(COP(=O)(O)O)n1)CCN1C(=O)C=CC1=O. The van der Waals surface area contributed by atoms with Crippen molar-refractivity contribution in [3.05, 3.63) is 68.1 Å². The Morgan fingerprint density at radius 3 is 1.60 bits per heavy atom. The third kappa shape index (κ3) is 16.2. The van der Waals surface area contributed by atoms with E-state index in [-0.39, 0.29) is 87.7 Å². The Morgan fingerprint density at radius 2 is 1.16 bits per heavy atom. The molecule has 4 heterocycles. The number of phosphoric acid groups is 1. The maximum absolute atomic E-state index is 12.3. The lowest BCUT2D eigenvalue weighted by molar-refractivity contribution is -0.393. The molecule has 2 aliphatic rings. The van der Waals surface area contributed by atoms with E-state index in [1.807, 2.05) is 0 Å². The van der Waals surface area contributed by atoms with Gasteiger partial charge >= 0.3 is 27.1 Å².